The number of halogens is 1. The first-order valence-corrected chi connectivity index (χ1v) is 8.12. The second kappa shape index (κ2) is 6.74. The Hall–Kier alpha value is -2.97. The summed E-state index contributed by atoms with van der Waals surface area (Å²) in [6.45, 7) is 2.72. The molecule has 1 aliphatic heterocycles. The molecule has 0 radical (unpaired) electrons. The van der Waals surface area contributed by atoms with Crippen LogP contribution >= 0.6 is 0 Å². The summed E-state index contributed by atoms with van der Waals surface area (Å²) in [6.07, 6.45) is 2.51. The number of anilines is 1. The molecule has 1 aromatic rings. The summed E-state index contributed by atoms with van der Waals surface area (Å²) in [6, 6.07) is 2.92. The molecule has 26 heavy (non-hydrogen) atoms. The maximum atomic E-state index is 13.0. The van der Waals surface area contributed by atoms with Gasteiger partial charge in [-0.05, 0) is 31.6 Å². The van der Waals surface area contributed by atoms with Gasteiger partial charge < -0.3 is 14.9 Å². The Morgan fingerprint density at radius 1 is 1.58 bits per heavy atom. The van der Waals surface area contributed by atoms with E-state index < -0.39 is 17.5 Å². The van der Waals surface area contributed by atoms with E-state index in [2.05, 4.69) is 10.3 Å². The summed E-state index contributed by atoms with van der Waals surface area (Å²) in [4.78, 5) is 33.1. The number of pyridine rings is 1. The average Bonchev–Trinajstić information content (AvgIpc) is 2.92. The average molecular weight is 362 g/mol. The number of hydrogen-bond acceptors (Lipinski definition) is 6. The molecule has 2 aliphatic rings. The molecule has 1 aromatic heterocycles. The van der Waals surface area contributed by atoms with Crippen LogP contribution in [0.5, 0.6) is 0 Å². The predicted octanol–water partition coefficient (Wildman–Crippen LogP) is 2.05. The minimum absolute atomic E-state index is 0.106. The number of aromatic nitrogens is 1. The van der Waals surface area contributed by atoms with E-state index >= 15 is 0 Å². The van der Waals surface area contributed by atoms with Crippen LogP contribution in [0, 0.1) is 10.8 Å². The maximum absolute atomic E-state index is 13.0. The maximum Gasteiger partial charge on any atom is 0.286 e. The zero-order chi connectivity index (χ0) is 18.9. The number of carbonyl (C=O) groups excluding carboxylic acids is 2. The van der Waals surface area contributed by atoms with Gasteiger partial charge in [-0.25, -0.2) is 9.37 Å². The fraction of sp³-hybridized carbons (Fsp3) is 0.412. The molecule has 0 saturated carbocycles. The van der Waals surface area contributed by atoms with Gasteiger partial charge in [-0.15, -0.1) is 0 Å². The van der Waals surface area contributed by atoms with Gasteiger partial charge in [-0.1, -0.05) is 0 Å². The first-order chi connectivity index (χ1) is 12.3. The van der Waals surface area contributed by atoms with Crippen LogP contribution in [0.3, 0.4) is 0 Å². The number of allylic oxidation sites excluding steroid dienone is 1. The molecular weight excluding hydrogens is 343 g/mol. The highest BCUT2D eigenvalue weighted by Crippen LogP contribution is 2.47. The van der Waals surface area contributed by atoms with E-state index in [1.54, 1.807) is 6.08 Å². The van der Waals surface area contributed by atoms with E-state index in [1.807, 2.05) is 0 Å². The van der Waals surface area contributed by atoms with Gasteiger partial charge in [0.25, 0.3) is 5.91 Å². The van der Waals surface area contributed by atoms with Gasteiger partial charge in [-0.2, -0.15) is 5.06 Å². The Bertz CT molecular complexity index is 795. The molecule has 138 valence electrons. The van der Waals surface area contributed by atoms with Crippen molar-refractivity contribution in [3.05, 3.63) is 35.7 Å². The summed E-state index contributed by atoms with van der Waals surface area (Å²) in [5.41, 5.74) is -0.588. The van der Waals surface area contributed by atoms with Crippen molar-refractivity contribution in [2.75, 3.05) is 18.5 Å². The van der Waals surface area contributed by atoms with Gasteiger partial charge in [0.1, 0.15) is 29.8 Å². The number of nitrogens with zero attached hydrogens (tertiary/aromatic N) is 2. The number of rotatable bonds is 5. The summed E-state index contributed by atoms with van der Waals surface area (Å²) >= 11 is 0. The summed E-state index contributed by atoms with van der Waals surface area (Å²) < 4.78 is 18.4. The van der Waals surface area contributed by atoms with E-state index in [1.165, 1.54) is 32.2 Å². The second-order valence-electron chi connectivity index (χ2n) is 6.32. The fourth-order valence-electron chi connectivity index (χ4n) is 2.80. The molecular formula is C17H19FN4O4. The number of amides is 2. The molecule has 3 rings (SSSR count). The molecule has 1 spiro atoms. The van der Waals surface area contributed by atoms with E-state index in [4.69, 9.17) is 15.0 Å². The third-order valence-corrected chi connectivity index (χ3v) is 4.16. The number of hydrogen-bond donors (Lipinski definition) is 2. The largest absolute Gasteiger partial charge is 0.494 e. The van der Waals surface area contributed by atoms with Crippen LogP contribution < -0.4 is 5.32 Å². The van der Waals surface area contributed by atoms with E-state index in [0.29, 0.717) is 12.2 Å². The van der Waals surface area contributed by atoms with Crippen LogP contribution in [0.1, 0.15) is 30.6 Å². The van der Waals surface area contributed by atoms with Gasteiger partial charge in [0.15, 0.2) is 0 Å². The van der Waals surface area contributed by atoms with Crippen LogP contribution in [0.15, 0.2) is 30.2 Å². The molecule has 9 heteroatoms. The molecule has 2 heterocycles. The molecule has 0 aromatic carbocycles. The van der Waals surface area contributed by atoms with Crippen LogP contribution in [0.2, 0.25) is 0 Å². The van der Waals surface area contributed by atoms with Crippen molar-refractivity contribution in [2.24, 2.45) is 5.41 Å². The Morgan fingerprint density at radius 2 is 2.35 bits per heavy atom. The zero-order valence-electron chi connectivity index (χ0n) is 14.4. The molecule has 0 bridgehead atoms. The van der Waals surface area contributed by atoms with Crippen molar-refractivity contribution in [3.63, 3.8) is 0 Å². The Kier molecular flexibility index (Phi) is 4.62. The number of ether oxygens (including phenoxy) is 1. The van der Waals surface area contributed by atoms with Crippen molar-refractivity contribution in [3.8, 4) is 0 Å². The van der Waals surface area contributed by atoms with Crippen molar-refractivity contribution in [1.82, 2.24) is 10.0 Å². The Balaban J connectivity index is 1.72. The smallest absolute Gasteiger partial charge is 0.286 e. The third kappa shape index (κ3) is 3.24. The summed E-state index contributed by atoms with van der Waals surface area (Å²) in [5, 5.41) is 11.7. The van der Waals surface area contributed by atoms with Crippen LogP contribution in [-0.4, -0.2) is 47.1 Å². The first-order valence-electron chi connectivity index (χ1n) is 8.12. The molecule has 1 fully saturated rings. The Morgan fingerprint density at radius 3 is 2.96 bits per heavy atom. The molecule has 1 saturated heterocycles. The topological polar surface area (TPSA) is 105 Å². The van der Waals surface area contributed by atoms with Crippen LogP contribution in [0.25, 0.3) is 0 Å². The lowest BCUT2D eigenvalue weighted by Gasteiger charge is -2.34. The molecule has 2 amide bonds. The van der Waals surface area contributed by atoms with Gasteiger partial charge in [-0.3, -0.25) is 15.0 Å². The monoisotopic (exact) mass is 362 g/mol. The van der Waals surface area contributed by atoms with Crippen molar-refractivity contribution >= 4 is 23.5 Å². The summed E-state index contributed by atoms with van der Waals surface area (Å²) in [5.74, 6) is -0.173. The van der Waals surface area contributed by atoms with Gasteiger partial charge in [0.2, 0.25) is 11.8 Å². The van der Waals surface area contributed by atoms with Crippen molar-refractivity contribution in [1.29, 1.82) is 5.41 Å². The number of alkyl halides is 1. The number of nitrogens with one attached hydrogen (secondary N) is 2. The second-order valence-corrected chi connectivity index (χ2v) is 6.32. The quantitative estimate of drug-likeness (QED) is 0.834. The lowest BCUT2D eigenvalue weighted by molar-refractivity contribution is -0.114. The highest BCUT2D eigenvalue weighted by atomic mass is 19.1. The lowest BCUT2D eigenvalue weighted by Crippen LogP contribution is -2.40. The highest BCUT2D eigenvalue weighted by Gasteiger charge is 2.55. The molecule has 2 N–H and O–H groups in total. The molecule has 1 unspecified atom stereocenters. The molecule has 1 aliphatic carbocycles. The SMILES string of the molecule is CC(=O)Nc1cc(C(=O)N2CC3(CC=C3OC[C@@H](C)F)C(=N)O2)ccn1. The predicted molar refractivity (Wildman–Crippen MR) is 90.0 cm³/mol. The van der Waals surface area contributed by atoms with Gasteiger partial charge in [0, 0.05) is 18.7 Å². The van der Waals surface area contributed by atoms with Gasteiger partial charge in [0.05, 0.1) is 6.54 Å². The standard InChI is InChI=1S/C17H19FN4O4/c1-10(18)8-25-13-3-5-17(13)9-22(26-16(17)19)15(24)12-4-6-20-14(7-12)21-11(2)23/h3-4,6-7,10,19H,5,8-9H2,1-2H3,(H,20,21,23)/t10-,17?/m1/s1. The third-order valence-electron chi connectivity index (χ3n) is 4.16. The van der Waals surface area contributed by atoms with E-state index in [0.717, 1.165) is 5.06 Å². The molecule has 8 nitrogen and oxygen atoms in total. The van der Waals surface area contributed by atoms with Crippen molar-refractivity contribution in [2.45, 2.75) is 26.4 Å². The van der Waals surface area contributed by atoms with Crippen LogP contribution in [-0.2, 0) is 14.4 Å². The van der Waals surface area contributed by atoms with Crippen LogP contribution in [0.4, 0.5) is 10.2 Å². The Labute approximate surface area is 149 Å². The highest BCUT2D eigenvalue weighted by molar-refractivity contribution is 5.98. The number of hydroxylamine groups is 2. The zero-order valence-corrected chi connectivity index (χ0v) is 14.4. The normalized spacial score (nSPS) is 22.3. The molecule has 2 atom stereocenters. The minimum Gasteiger partial charge on any atom is -0.494 e. The van der Waals surface area contributed by atoms with Gasteiger partial charge >= 0.3 is 0 Å². The fourth-order valence-corrected chi connectivity index (χ4v) is 2.80. The summed E-state index contributed by atoms with van der Waals surface area (Å²) in [7, 11) is 0. The first kappa shape index (κ1) is 17.8. The number of carbonyl (C=O) groups is 2. The minimum atomic E-state index is -1.13. The van der Waals surface area contributed by atoms with Crippen molar-refractivity contribution < 1.29 is 23.6 Å². The van der Waals surface area contributed by atoms with E-state index in [-0.39, 0.29) is 36.3 Å². The lowest BCUT2D eigenvalue weighted by atomic mass is 9.74. The van der Waals surface area contributed by atoms with E-state index in [9.17, 15) is 14.0 Å².